The molecule has 82 valence electrons. The molecule has 0 spiro atoms. The monoisotopic (exact) mass is 230 g/mol. The molecule has 0 atom stereocenters. The van der Waals surface area contributed by atoms with E-state index in [0.29, 0.717) is 0 Å². The molecule has 0 aliphatic heterocycles. The molecule has 1 fully saturated rings. The average molecular weight is 230 g/mol. The van der Waals surface area contributed by atoms with Crippen molar-refractivity contribution in [1.82, 2.24) is 4.72 Å². The van der Waals surface area contributed by atoms with Crippen LogP contribution in [0.15, 0.2) is 23.1 Å². The maximum Gasteiger partial charge on any atom is 0.245 e. The van der Waals surface area contributed by atoms with Crippen molar-refractivity contribution in [3.8, 4) is 0 Å². The van der Waals surface area contributed by atoms with Crippen LogP contribution in [0.4, 0.5) is 10.1 Å². The molecule has 1 aliphatic rings. The minimum atomic E-state index is -3.81. The van der Waals surface area contributed by atoms with Gasteiger partial charge < -0.3 is 5.73 Å². The lowest BCUT2D eigenvalue weighted by Gasteiger charge is -2.08. The largest absolute Gasteiger partial charge is 0.398 e. The number of hydrogen-bond acceptors (Lipinski definition) is 3. The predicted octanol–water partition coefficient (Wildman–Crippen LogP) is 0.849. The molecule has 0 amide bonds. The van der Waals surface area contributed by atoms with Gasteiger partial charge in [0.1, 0.15) is 10.7 Å². The quantitative estimate of drug-likeness (QED) is 0.756. The van der Waals surface area contributed by atoms with E-state index in [0.717, 1.165) is 18.9 Å². The molecular weight excluding hydrogens is 219 g/mol. The van der Waals surface area contributed by atoms with Crippen LogP contribution in [0.1, 0.15) is 12.8 Å². The Morgan fingerprint density at radius 2 is 2.07 bits per heavy atom. The highest BCUT2D eigenvalue weighted by Crippen LogP contribution is 2.26. The summed E-state index contributed by atoms with van der Waals surface area (Å²) >= 11 is 0. The summed E-state index contributed by atoms with van der Waals surface area (Å²) in [7, 11) is -3.81. The van der Waals surface area contributed by atoms with Crippen LogP contribution in [0.3, 0.4) is 0 Å². The number of nitrogens with two attached hydrogens (primary N) is 1. The number of rotatable bonds is 3. The first-order valence-electron chi connectivity index (χ1n) is 4.57. The summed E-state index contributed by atoms with van der Waals surface area (Å²) in [5, 5.41) is 0. The van der Waals surface area contributed by atoms with Crippen LogP contribution in [0, 0.1) is 5.82 Å². The molecule has 0 heterocycles. The Hall–Kier alpha value is -1.14. The fourth-order valence-corrected chi connectivity index (χ4v) is 2.78. The standard InChI is InChI=1S/C9H11FN2O2S/c10-7-2-1-3-8(11)9(7)15(13,14)12-6-4-5-6/h1-3,6,12H,4-5,11H2. The summed E-state index contributed by atoms with van der Waals surface area (Å²) in [6, 6.07) is 3.76. The predicted molar refractivity (Wildman–Crippen MR) is 54.2 cm³/mol. The Morgan fingerprint density at radius 1 is 1.40 bits per heavy atom. The van der Waals surface area contributed by atoms with Crippen LogP contribution in [-0.4, -0.2) is 14.5 Å². The molecule has 0 aromatic heterocycles. The van der Waals surface area contributed by atoms with Crippen molar-refractivity contribution in [2.75, 3.05) is 5.73 Å². The normalized spacial score (nSPS) is 16.6. The molecule has 1 saturated carbocycles. The van der Waals surface area contributed by atoms with Gasteiger partial charge in [-0.05, 0) is 25.0 Å². The molecule has 1 aliphatic carbocycles. The summed E-state index contributed by atoms with van der Waals surface area (Å²) in [4.78, 5) is -0.447. The third-order valence-electron chi connectivity index (χ3n) is 2.17. The van der Waals surface area contributed by atoms with Crippen molar-refractivity contribution in [3.63, 3.8) is 0 Å². The number of anilines is 1. The molecule has 0 radical (unpaired) electrons. The van der Waals surface area contributed by atoms with E-state index in [1.807, 2.05) is 0 Å². The van der Waals surface area contributed by atoms with Gasteiger partial charge in [0.05, 0.1) is 5.69 Å². The Kier molecular flexibility index (Phi) is 2.40. The van der Waals surface area contributed by atoms with Crippen molar-refractivity contribution < 1.29 is 12.8 Å². The second-order valence-corrected chi connectivity index (χ2v) is 5.20. The number of nitrogens with one attached hydrogen (secondary N) is 1. The molecule has 1 aromatic carbocycles. The van der Waals surface area contributed by atoms with Crippen LogP contribution < -0.4 is 10.5 Å². The molecule has 0 saturated heterocycles. The number of nitrogen functional groups attached to an aromatic ring is 1. The van der Waals surface area contributed by atoms with Crippen LogP contribution in [0.25, 0.3) is 0 Å². The third-order valence-corrected chi connectivity index (χ3v) is 3.78. The zero-order chi connectivity index (χ0) is 11.1. The highest BCUT2D eigenvalue weighted by molar-refractivity contribution is 7.89. The lowest BCUT2D eigenvalue weighted by atomic mass is 10.3. The highest BCUT2D eigenvalue weighted by Gasteiger charge is 2.30. The summed E-state index contributed by atoms with van der Waals surface area (Å²) in [6.45, 7) is 0. The zero-order valence-corrected chi connectivity index (χ0v) is 8.72. The molecule has 0 bridgehead atoms. The lowest BCUT2D eigenvalue weighted by molar-refractivity contribution is 0.558. The Labute approximate surface area is 87.3 Å². The van der Waals surface area contributed by atoms with E-state index >= 15 is 0 Å². The number of hydrogen-bond donors (Lipinski definition) is 2. The molecule has 4 nitrogen and oxygen atoms in total. The minimum absolute atomic E-state index is 0.0611. The van der Waals surface area contributed by atoms with Crippen molar-refractivity contribution in [2.45, 2.75) is 23.8 Å². The molecule has 15 heavy (non-hydrogen) atoms. The third kappa shape index (κ3) is 2.10. The molecule has 1 aromatic rings. The average Bonchev–Trinajstić information content (AvgIpc) is 2.86. The van der Waals surface area contributed by atoms with Gasteiger partial charge in [-0.2, -0.15) is 0 Å². The first kappa shape index (κ1) is 10.4. The zero-order valence-electron chi connectivity index (χ0n) is 7.90. The van der Waals surface area contributed by atoms with Gasteiger partial charge in [-0.25, -0.2) is 17.5 Å². The maximum atomic E-state index is 13.3. The van der Waals surface area contributed by atoms with Gasteiger partial charge in [0.25, 0.3) is 0 Å². The Bertz CT molecular complexity index is 463. The lowest BCUT2D eigenvalue weighted by Crippen LogP contribution is -2.27. The van der Waals surface area contributed by atoms with Gasteiger partial charge in [0.2, 0.25) is 10.0 Å². The Morgan fingerprint density at radius 3 is 2.60 bits per heavy atom. The highest BCUT2D eigenvalue weighted by atomic mass is 32.2. The first-order chi connectivity index (χ1) is 7.00. The van der Waals surface area contributed by atoms with Gasteiger partial charge in [-0.15, -0.1) is 0 Å². The number of sulfonamides is 1. The van der Waals surface area contributed by atoms with Gasteiger partial charge in [0, 0.05) is 6.04 Å². The summed E-state index contributed by atoms with van der Waals surface area (Å²) in [6.07, 6.45) is 1.60. The fraction of sp³-hybridized carbons (Fsp3) is 0.333. The summed E-state index contributed by atoms with van der Waals surface area (Å²) in [5.41, 5.74) is 5.38. The van der Waals surface area contributed by atoms with Gasteiger partial charge in [0.15, 0.2) is 0 Å². The number of benzene rings is 1. The van der Waals surface area contributed by atoms with Gasteiger partial charge >= 0.3 is 0 Å². The van der Waals surface area contributed by atoms with E-state index in [2.05, 4.69) is 4.72 Å². The van der Waals surface area contributed by atoms with E-state index < -0.39 is 20.7 Å². The van der Waals surface area contributed by atoms with Crippen LogP contribution >= 0.6 is 0 Å². The van der Waals surface area contributed by atoms with E-state index in [1.165, 1.54) is 12.1 Å². The van der Waals surface area contributed by atoms with Crippen molar-refractivity contribution >= 4 is 15.7 Å². The summed E-state index contributed by atoms with van der Waals surface area (Å²) in [5.74, 6) is -0.817. The molecule has 3 N–H and O–H groups in total. The van der Waals surface area contributed by atoms with Crippen LogP contribution in [0.2, 0.25) is 0 Å². The van der Waals surface area contributed by atoms with E-state index in [4.69, 9.17) is 5.73 Å². The summed E-state index contributed by atoms with van der Waals surface area (Å²) < 4.78 is 39.1. The van der Waals surface area contributed by atoms with E-state index in [1.54, 1.807) is 0 Å². The first-order valence-corrected chi connectivity index (χ1v) is 6.05. The second-order valence-electron chi connectivity index (χ2n) is 3.55. The van der Waals surface area contributed by atoms with Gasteiger partial charge in [-0.1, -0.05) is 6.07 Å². The molecule has 2 rings (SSSR count). The second kappa shape index (κ2) is 3.46. The van der Waals surface area contributed by atoms with Crippen LogP contribution in [-0.2, 0) is 10.0 Å². The number of halogens is 1. The fourth-order valence-electron chi connectivity index (χ4n) is 1.29. The van der Waals surface area contributed by atoms with Crippen LogP contribution in [0.5, 0.6) is 0 Å². The molecule has 0 unspecified atom stereocenters. The molecule has 6 heteroatoms. The van der Waals surface area contributed by atoms with Crippen molar-refractivity contribution in [2.24, 2.45) is 0 Å². The minimum Gasteiger partial charge on any atom is -0.398 e. The Balaban J connectivity index is 2.42. The molecular formula is C9H11FN2O2S. The van der Waals surface area contributed by atoms with E-state index in [9.17, 15) is 12.8 Å². The smallest absolute Gasteiger partial charge is 0.245 e. The SMILES string of the molecule is Nc1cccc(F)c1S(=O)(=O)NC1CC1. The van der Waals surface area contributed by atoms with Crippen molar-refractivity contribution in [1.29, 1.82) is 0 Å². The topological polar surface area (TPSA) is 72.2 Å². The van der Waals surface area contributed by atoms with E-state index in [-0.39, 0.29) is 11.7 Å². The van der Waals surface area contributed by atoms with Crippen molar-refractivity contribution in [3.05, 3.63) is 24.0 Å². The van der Waals surface area contributed by atoms with Gasteiger partial charge in [-0.3, -0.25) is 0 Å². The maximum absolute atomic E-state index is 13.3.